The first-order chi connectivity index (χ1) is 11.5. The molecule has 3 aromatic rings. The van der Waals surface area contributed by atoms with Crippen molar-refractivity contribution >= 4 is 28.5 Å². The Morgan fingerprint density at radius 3 is 2.83 bits per heavy atom. The number of carbonyl (C=O) groups is 1. The van der Waals surface area contributed by atoms with Crippen molar-refractivity contribution in [2.24, 2.45) is 0 Å². The molecule has 0 aliphatic carbocycles. The van der Waals surface area contributed by atoms with Gasteiger partial charge in [-0.25, -0.2) is 4.98 Å². The highest BCUT2D eigenvalue weighted by Gasteiger charge is 2.16. The van der Waals surface area contributed by atoms with E-state index in [0.29, 0.717) is 17.4 Å². The summed E-state index contributed by atoms with van der Waals surface area (Å²) in [7, 11) is 0. The molecule has 0 aliphatic heterocycles. The largest absolute Gasteiger partial charge is 0.385 e. The molecule has 3 rings (SSSR count). The van der Waals surface area contributed by atoms with Crippen LogP contribution in [-0.2, 0) is 17.9 Å². The molecule has 1 unspecified atom stereocenters. The Balaban J connectivity index is 1.76. The van der Waals surface area contributed by atoms with Crippen molar-refractivity contribution < 1.29 is 9.90 Å². The zero-order valence-corrected chi connectivity index (χ0v) is 14.0. The van der Waals surface area contributed by atoms with E-state index in [1.807, 2.05) is 42.5 Å². The van der Waals surface area contributed by atoms with Gasteiger partial charge in [-0.2, -0.15) is 0 Å². The normalized spacial score (nSPS) is 12.3. The number of nitrogens with one attached hydrogen (secondary N) is 1. The lowest BCUT2D eigenvalue weighted by Crippen LogP contribution is -2.28. The van der Waals surface area contributed by atoms with Crippen LogP contribution in [-0.4, -0.2) is 20.6 Å². The fraction of sp³-hybridized carbons (Fsp3) is 0.222. The summed E-state index contributed by atoms with van der Waals surface area (Å²) in [5.41, 5.74) is 2.52. The van der Waals surface area contributed by atoms with Crippen LogP contribution in [0.1, 0.15) is 24.4 Å². The lowest BCUT2D eigenvalue weighted by molar-refractivity contribution is -0.121. The molecule has 1 heterocycles. The van der Waals surface area contributed by atoms with E-state index in [1.165, 1.54) is 0 Å². The van der Waals surface area contributed by atoms with Gasteiger partial charge in [0.15, 0.2) is 0 Å². The number of amides is 1. The first-order valence-corrected chi connectivity index (χ1v) is 8.07. The number of hydrogen-bond donors (Lipinski definition) is 2. The second-order valence-corrected chi connectivity index (χ2v) is 6.06. The Morgan fingerprint density at radius 1 is 1.29 bits per heavy atom. The van der Waals surface area contributed by atoms with Crippen molar-refractivity contribution in [3.63, 3.8) is 0 Å². The van der Waals surface area contributed by atoms with Gasteiger partial charge in [-0.05, 0) is 36.8 Å². The maximum Gasteiger partial charge on any atom is 0.240 e. The highest BCUT2D eigenvalue weighted by Crippen LogP contribution is 2.20. The maximum atomic E-state index is 12.3. The van der Waals surface area contributed by atoms with Gasteiger partial charge >= 0.3 is 0 Å². The smallest absolute Gasteiger partial charge is 0.240 e. The van der Waals surface area contributed by atoms with Crippen molar-refractivity contribution in [3.05, 3.63) is 64.9 Å². The van der Waals surface area contributed by atoms with Gasteiger partial charge in [0, 0.05) is 11.6 Å². The summed E-state index contributed by atoms with van der Waals surface area (Å²) >= 11 is 5.94. The lowest BCUT2D eigenvalue weighted by Gasteiger charge is -2.11. The minimum atomic E-state index is -0.752. The summed E-state index contributed by atoms with van der Waals surface area (Å²) in [4.78, 5) is 16.7. The molecule has 2 aromatic carbocycles. The average molecular weight is 344 g/mol. The van der Waals surface area contributed by atoms with E-state index in [4.69, 9.17) is 11.6 Å². The number of aliphatic hydroxyl groups is 1. The van der Waals surface area contributed by atoms with Crippen molar-refractivity contribution in [2.75, 3.05) is 0 Å². The minimum Gasteiger partial charge on any atom is -0.385 e. The predicted molar refractivity (Wildman–Crippen MR) is 93.7 cm³/mol. The molecule has 1 aromatic heterocycles. The van der Waals surface area contributed by atoms with E-state index in [9.17, 15) is 9.90 Å². The van der Waals surface area contributed by atoms with Crippen LogP contribution in [0.4, 0.5) is 0 Å². The molecule has 0 aliphatic rings. The Bertz CT molecular complexity index is 874. The number of benzene rings is 2. The molecule has 0 bridgehead atoms. The van der Waals surface area contributed by atoms with Crippen LogP contribution >= 0.6 is 11.6 Å². The lowest BCUT2D eigenvalue weighted by atomic mass is 10.2. The number of nitrogens with zero attached hydrogens (tertiary/aromatic N) is 2. The summed E-state index contributed by atoms with van der Waals surface area (Å²) in [5, 5.41) is 13.4. The highest BCUT2D eigenvalue weighted by atomic mass is 35.5. The van der Waals surface area contributed by atoms with Crippen LogP contribution in [0.2, 0.25) is 5.02 Å². The summed E-state index contributed by atoms with van der Waals surface area (Å²) in [6, 6.07) is 14.9. The molecule has 24 heavy (non-hydrogen) atoms. The van der Waals surface area contributed by atoms with Crippen LogP contribution in [0.5, 0.6) is 0 Å². The van der Waals surface area contributed by atoms with Gasteiger partial charge < -0.3 is 15.0 Å². The molecule has 2 N–H and O–H groups in total. The Labute approximate surface area is 144 Å². The molecule has 124 valence electrons. The number of imidazole rings is 1. The topological polar surface area (TPSA) is 67.2 Å². The zero-order valence-electron chi connectivity index (χ0n) is 13.2. The first-order valence-electron chi connectivity index (χ1n) is 7.69. The molecule has 5 nitrogen and oxygen atoms in total. The summed E-state index contributed by atoms with van der Waals surface area (Å²) < 4.78 is 1.74. The molecular weight excluding hydrogens is 326 g/mol. The second kappa shape index (κ2) is 7.03. The fourth-order valence-corrected chi connectivity index (χ4v) is 2.84. The zero-order chi connectivity index (χ0) is 17.1. The van der Waals surface area contributed by atoms with Gasteiger partial charge in [0.25, 0.3) is 0 Å². The molecule has 0 fully saturated rings. The van der Waals surface area contributed by atoms with Gasteiger partial charge in [0.05, 0.1) is 11.0 Å². The number of aromatic nitrogens is 2. The minimum absolute atomic E-state index is 0.0985. The third kappa shape index (κ3) is 3.58. The Kier molecular flexibility index (Phi) is 4.83. The fourth-order valence-electron chi connectivity index (χ4n) is 2.63. The molecule has 1 amide bonds. The summed E-state index contributed by atoms with van der Waals surface area (Å²) in [6.07, 6.45) is -0.752. The number of para-hydroxylation sites is 2. The average Bonchev–Trinajstić information content (AvgIpc) is 2.92. The molecular formula is C18H18ClN3O2. The monoisotopic (exact) mass is 343 g/mol. The molecule has 6 heteroatoms. The molecule has 0 spiro atoms. The molecule has 0 saturated heterocycles. The quantitative estimate of drug-likeness (QED) is 0.748. The number of carbonyl (C=O) groups excluding carboxylic acids is 1. The van der Waals surface area contributed by atoms with E-state index in [0.717, 1.165) is 16.6 Å². The van der Waals surface area contributed by atoms with Gasteiger partial charge in [0.2, 0.25) is 5.91 Å². The maximum absolute atomic E-state index is 12.3. The van der Waals surface area contributed by atoms with Crippen LogP contribution < -0.4 is 5.32 Å². The van der Waals surface area contributed by atoms with Gasteiger partial charge in [-0.3, -0.25) is 4.79 Å². The number of rotatable bonds is 5. The van der Waals surface area contributed by atoms with E-state index in [2.05, 4.69) is 10.3 Å². The van der Waals surface area contributed by atoms with Crippen LogP contribution in [0.15, 0.2) is 48.5 Å². The van der Waals surface area contributed by atoms with Crippen molar-refractivity contribution in [3.8, 4) is 0 Å². The van der Waals surface area contributed by atoms with Crippen molar-refractivity contribution in [1.29, 1.82) is 0 Å². The molecule has 1 atom stereocenters. The number of aliphatic hydroxyl groups excluding tert-OH is 1. The first kappa shape index (κ1) is 16.5. The third-order valence-electron chi connectivity index (χ3n) is 3.74. The number of halogens is 1. The van der Waals surface area contributed by atoms with Gasteiger partial charge in [0.1, 0.15) is 18.5 Å². The third-order valence-corrected chi connectivity index (χ3v) is 3.97. The van der Waals surface area contributed by atoms with Crippen LogP contribution in [0.25, 0.3) is 11.0 Å². The predicted octanol–water partition coefficient (Wildman–Crippen LogP) is 3.06. The Morgan fingerprint density at radius 2 is 2.08 bits per heavy atom. The standard InChI is InChI=1S/C18H18ClN3O2/c1-12(23)18-21-15-7-2-3-8-16(15)22(18)11-17(24)20-10-13-5-4-6-14(19)9-13/h2-9,12,23H,10-11H2,1H3,(H,20,24). The van der Waals surface area contributed by atoms with E-state index < -0.39 is 6.10 Å². The highest BCUT2D eigenvalue weighted by molar-refractivity contribution is 6.30. The van der Waals surface area contributed by atoms with Crippen molar-refractivity contribution in [1.82, 2.24) is 14.9 Å². The van der Waals surface area contributed by atoms with Crippen molar-refractivity contribution in [2.45, 2.75) is 26.1 Å². The molecule has 0 radical (unpaired) electrons. The van der Waals surface area contributed by atoms with E-state index >= 15 is 0 Å². The Hall–Kier alpha value is -2.37. The van der Waals surface area contributed by atoms with Gasteiger partial charge in [-0.15, -0.1) is 0 Å². The molecule has 0 saturated carbocycles. The summed E-state index contributed by atoms with van der Waals surface area (Å²) in [5.74, 6) is 0.328. The second-order valence-electron chi connectivity index (χ2n) is 5.63. The SMILES string of the molecule is CC(O)c1nc2ccccc2n1CC(=O)NCc1cccc(Cl)c1. The van der Waals surface area contributed by atoms with E-state index in [-0.39, 0.29) is 12.5 Å². The van der Waals surface area contributed by atoms with E-state index in [1.54, 1.807) is 17.6 Å². The van der Waals surface area contributed by atoms with Gasteiger partial charge in [-0.1, -0.05) is 35.9 Å². The number of hydrogen-bond acceptors (Lipinski definition) is 3. The van der Waals surface area contributed by atoms with Crippen LogP contribution in [0, 0.1) is 0 Å². The van der Waals surface area contributed by atoms with Crippen LogP contribution in [0.3, 0.4) is 0 Å². The summed E-state index contributed by atoms with van der Waals surface area (Å²) in [6.45, 7) is 2.14. The number of fused-ring (bicyclic) bond motifs is 1.